The van der Waals surface area contributed by atoms with E-state index in [1.807, 2.05) is 0 Å². The van der Waals surface area contributed by atoms with Crippen molar-refractivity contribution in [3.8, 4) is 0 Å². The van der Waals surface area contributed by atoms with Crippen LogP contribution in [0.3, 0.4) is 0 Å². The van der Waals surface area contributed by atoms with E-state index in [1.165, 1.54) is 44.9 Å². The number of fused-ring (bicyclic) bond motifs is 2. The molecule has 1 heteroatoms. The fourth-order valence-corrected chi connectivity index (χ4v) is 4.55. The van der Waals surface area contributed by atoms with Crippen molar-refractivity contribution in [1.82, 2.24) is 0 Å². The summed E-state index contributed by atoms with van der Waals surface area (Å²) in [5, 5.41) is 0. The molecule has 1 fully saturated rings. The first kappa shape index (κ1) is 21.1. The highest BCUT2D eigenvalue weighted by molar-refractivity contribution is 5.34. The van der Waals surface area contributed by atoms with Gasteiger partial charge in [0.2, 0.25) is 0 Å². The molecule has 152 valence electrons. The molecule has 3 atom stereocenters. The smallest absolute Gasteiger partial charge is 0.0491 e. The Morgan fingerprint density at radius 2 is 1.39 bits per heavy atom. The summed E-state index contributed by atoms with van der Waals surface area (Å²) in [6.07, 6.45) is 9.21. The van der Waals surface area contributed by atoms with Crippen LogP contribution in [-0.4, -0.2) is 13.2 Å². The van der Waals surface area contributed by atoms with Crippen LogP contribution >= 0.6 is 0 Å². The Hall–Kier alpha value is -1.60. The van der Waals surface area contributed by atoms with Crippen LogP contribution in [0.25, 0.3) is 0 Å². The minimum absolute atomic E-state index is 0.802. The molecule has 2 aromatic rings. The topological polar surface area (TPSA) is 9.23 Å². The predicted molar refractivity (Wildman–Crippen MR) is 120 cm³/mol. The number of ether oxygens (including phenoxy) is 1. The molecule has 0 amide bonds. The van der Waals surface area contributed by atoms with Crippen molar-refractivity contribution >= 4 is 0 Å². The number of hydrogen-bond donors (Lipinski definition) is 0. The van der Waals surface area contributed by atoms with E-state index in [0.29, 0.717) is 0 Å². The minimum atomic E-state index is 0.802. The summed E-state index contributed by atoms with van der Waals surface area (Å²) in [4.78, 5) is 0. The maximum absolute atomic E-state index is 5.18. The molecule has 0 N–H and O–H groups in total. The maximum atomic E-state index is 5.18. The molecule has 1 aliphatic heterocycles. The summed E-state index contributed by atoms with van der Waals surface area (Å²) in [6, 6.07) is 17.6. The summed E-state index contributed by atoms with van der Waals surface area (Å²) in [5.41, 5.74) is 6.29. The van der Waals surface area contributed by atoms with E-state index in [0.717, 1.165) is 31.0 Å². The molecule has 0 radical (unpaired) electrons. The highest BCUT2D eigenvalue weighted by Gasteiger charge is 2.16. The van der Waals surface area contributed by atoms with Gasteiger partial charge in [-0.05, 0) is 85.0 Å². The van der Waals surface area contributed by atoms with E-state index in [-0.39, 0.29) is 0 Å². The molecule has 1 heterocycles. The van der Waals surface area contributed by atoms with E-state index < -0.39 is 0 Å². The van der Waals surface area contributed by atoms with Gasteiger partial charge < -0.3 is 4.74 Å². The lowest BCUT2D eigenvalue weighted by atomic mass is 9.85. The quantitative estimate of drug-likeness (QED) is 0.480. The van der Waals surface area contributed by atoms with Gasteiger partial charge in [-0.1, -0.05) is 69.3 Å². The van der Waals surface area contributed by atoms with Gasteiger partial charge in [0, 0.05) is 13.2 Å². The van der Waals surface area contributed by atoms with Gasteiger partial charge in [0.05, 0.1) is 0 Å². The third-order valence-electron chi connectivity index (χ3n) is 6.41. The Balaban J connectivity index is 0.000000124. The summed E-state index contributed by atoms with van der Waals surface area (Å²) in [6.45, 7) is 8.87. The lowest BCUT2D eigenvalue weighted by Crippen LogP contribution is -2.13. The molecule has 1 saturated heterocycles. The Labute approximate surface area is 172 Å². The molecular weight excluding hydrogens is 340 g/mol. The molecular formula is C27H38O. The van der Waals surface area contributed by atoms with E-state index in [9.17, 15) is 0 Å². The number of aryl methyl sites for hydroxylation is 2. The maximum Gasteiger partial charge on any atom is 0.0491 e. The van der Waals surface area contributed by atoms with Gasteiger partial charge in [0.1, 0.15) is 0 Å². The summed E-state index contributed by atoms with van der Waals surface area (Å²) in [7, 11) is 0. The van der Waals surface area contributed by atoms with Crippen LogP contribution < -0.4 is 0 Å². The zero-order valence-corrected chi connectivity index (χ0v) is 18.1. The van der Waals surface area contributed by atoms with Gasteiger partial charge in [0.25, 0.3) is 0 Å². The largest absolute Gasteiger partial charge is 0.381 e. The van der Waals surface area contributed by atoms with Gasteiger partial charge in [-0.25, -0.2) is 0 Å². The van der Waals surface area contributed by atoms with Crippen molar-refractivity contribution < 1.29 is 4.74 Å². The molecule has 0 bridgehead atoms. The Morgan fingerprint density at radius 3 is 2.04 bits per heavy atom. The highest BCUT2D eigenvalue weighted by atomic mass is 16.5. The van der Waals surface area contributed by atoms with Gasteiger partial charge in [-0.2, -0.15) is 0 Å². The highest BCUT2D eigenvalue weighted by Crippen LogP contribution is 2.31. The van der Waals surface area contributed by atoms with Crippen LogP contribution in [0.4, 0.5) is 0 Å². The van der Waals surface area contributed by atoms with Crippen LogP contribution in [0.5, 0.6) is 0 Å². The van der Waals surface area contributed by atoms with Crippen LogP contribution in [0, 0.1) is 11.8 Å². The molecule has 5 rings (SSSR count). The zero-order valence-electron chi connectivity index (χ0n) is 18.1. The molecule has 2 aromatic carbocycles. The molecule has 0 aromatic heterocycles. The van der Waals surface area contributed by atoms with E-state index in [4.69, 9.17) is 4.74 Å². The fourth-order valence-electron chi connectivity index (χ4n) is 4.55. The molecule has 3 unspecified atom stereocenters. The monoisotopic (exact) mass is 378 g/mol. The molecule has 0 spiro atoms. The molecule has 2 aliphatic carbocycles. The summed E-state index contributed by atoms with van der Waals surface area (Å²) < 4.78 is 5.18. The second-order valence-corrected chi connectivity index (χ2v) is 9.08. The van der Waals surface area contributed by atoms with Crippen molar-refractivity contribution in [3.63, 3.8) is 0 Å². The normalized spacial score (nSPS) is 25.3. The Kier molecular flexibility index (Phi) is 8.15. The Bertz CT molecular complexity index is 714. The van der Waals surface area contributed by atoms with Gasteiger partial charge in [0.15, 0.2) is 0 Å². The van der Waals surface area contributed by atoms with Gasteiger partial charge in [-0.15, -0.1) is 0 Å². The average molecular weight is 379 g/mol. The third-order valence-corrected chi connectivity index (χ3v) is 6.41. The van der Waals surface area contributed by atoms with E-state index in [2.05, 4.69) is 69.3 Å². The van der Waals surface area contributed by atoms with Crippen LogP contribution in [0.15, 0.2) is 48.5 Å². The molecule has 28 heavy (non-hydrogen) atoms. The zero-order chi connectivity index (χ0) is 19.8. The lowest BCUT2D eigenvalue weighted by Gasteiger charge is -2.20. The van der Waals surface area contributed by atoms with Crippen LogP contribution in [0.1, 0.15) is 74.6 Å². The minimum Gasteiger partial charge on any atom is -0.381 e. The molecule has 0 saturated carbocycles. The first-order valence-electron chi connectivity index (χ1n) is 11.4. The Morgan fingerprint density at radius 1 is 0.714 bits per heavy atom. The second-order valence-electron chi connectivity index (χ2n) is 9.08. The standard InChI is InChI=1S/C11H14.C10H12.C6H12O/c1-9-6-7-10-4-2-3-5-11(10)8-9;1-8-6-7-9-4-2-3-5-10(8)9;1-6-3-2-4-7-5-6/h2-5,9H,6-8H2,1H3;2-5,8H,6-7H2,1H3;6H,2-5H2,1H3. The number of hydrogen-bond acceptors (Lipinski definition) is 1. The second kappa shape index (κ2) is 10.8. The molecule has 1 nitrogen and oxygen atoms in total. The summed E-state index contributed by atoms with van der Waals surface area (Å²) in [5.74, 6) is 2.51. The predicted octanol–water partition coefficient (Wildman–Crippen LogP) is 6.98. The van der Waals surface area contributed by atoms with Gasteiger partial charge >= 0.3 is 0 Å². The van der Waals surface area contributed by atoms with Crippen LogP contribution in [-0.2, 0) is 24.0 Å². The van der Waals surface area contributed by atoms with Crippen molar-refractivity contribution in [3.05, 3.63) is 70.8 Å². The van der Waals surface area contributed by atoms with Crippen molar-refractivity contribution in [2.75, 3.05) is 13.2 Å². The third kappa shape index (κ3) is 6.21. The summed E-state index contributed by atoms with van der Waals surface area (Å²) >= 11 is 0. The van der Waals surface area contributed by atoms with Gasteiger partial charge in [-0.3, -0.25) is 0 Å². The molecule has 3 aliphatic rings. The number of benzene rings is 2. The first-order valence-corrected chi connectivity index (χ1v) is 11.4. The van der Waals surface area contributed by atoms with Crippen molar-refractivity contribution in [2.45, 2.75) is 71.6 Å². The van der Waals surface area contributed by atoms with E-state index in [1.54, 1.807) is 22.3 Å². The van der Waals surface area contributed by atoms with Crippen molar-refractivity contribution in [1.29, 1.82) is 0 Å². The lowest BCUT2D eigenvalue weighted by molar-refractivity contribution is 0.0616. The number of rotatable bonds is 0. The van der Waals surface area contributed by atoms with E-state index >= 15 is 0 Å². The fraction of sp³-hybridized carbons (Fsp3) is 0.556. The SMILES string of the molecule is CC1CCCOC1.CC1CCc2ccccc21.CC1CCc2ccccc2C1. The van der Waals surface area contributed by atoms with Crippen LogP contribution in [0.2, 0.25) is 0 Å². The van der Waals surface area contributed by atoms with Crippen molar-refractivity contribution in [2.24, 2.45) is 11.8 Å². The first-order chi connectivity index (χ1) is 13.6. The average Bonchev–Trinajstić information content (AvgIpc) is 3.11.